The number of rotatable bonds is 4. The molecular formula is C19H18FN3O2S. The smallest absolute Gasteiger partial charge is 0.261 e. The predicted octanol–water partition coefficient (Wildman–Crippen LogP) is 3.83. The Morgan fingerprint density at radius 3 is 2.58 bits per heavy atom. The van der Waals surface area contributed by atoms with Gasteiger partial charge in [-0.2, -0.15) is 0 Å². The predicted molar refractivity (Wildman–Crippen MR) is 97.8 cm³/mol. The highest BCUT2D eigenvalue weighted by molar-refractivity contribution is 7.92. The largest absolute Gasteiger partial charge is 0.334 e. The second kappa shape index (κ2) is 6.57. The number of aromatic nitrogens is 2. The van der Waals surface area contributed by atoms with E-state index < -0.39 is 15.8 Å². The molecule has 1 aliphatic rings. The Hall–Kier alpha value is -2.67. The van der Waals surface area contributed by atoms with E-state index in [1.807, 2.05) is 18.3 Å². The van der Waals surface area contributed by atoms with E-state index in [0.29, 0.717) is 5.69 Å². The van der Waals surface area contributed by atoms with Crippen molar-refractivity contribution in [1.82, 2.24) is 9.55 Å². The van der Waals surface area contributed by atoms with Crippen LogP contribution in [0.1, 0.15) is 18.7 Å². The van der Waals surface area contributed by atoms with Crippen LogP contribution in [-0.4, -0.2) is 18.0 Å². The van der Waals surface area contributed by atoms with Crippen molar-refractivity contribution >= 4 is 15.7 Å². The van der Waals surface area contributed by atoms with Crippen LogP contribution in [0.3, 0.4) is 0 Å². The van der Waals surface area contributed by atoms with Crippen molar-refractivity contribution < 1.29 is 12.8 Å². The van der Waals surface area contributed by atoms with E-state index in [1.54, 1.807) is 12.1 Å². The van der Waals surface area contributed by atoms with Crippen molar-refractivity contribution in [2.75, 3.05) is 4.72 Å². The van der Waals surface area contributed by atoms with E-state index in [4.69, 9.17) is 0 Å². The molecule has 1 aliphatic heterocycles. The lowest BCUT2D eigenvalue weighted by atomic mass is 10.1. The third-order valence-corrected chi connectivity index (χ3v) is 5.86. The van der Waals surface area contributed by atoms with Crippen molar-refractivity contribution in [2.24, 2.45) is 0 Å². The Balaban J connectivity index is 1.70. The first-order chi connectivity index (χ1) is 12.5. The molecule has 7 heteroatoms. The highest BCUT2D eigenvalue weighted by atomic mass is 32.2. The number of para-hydroxylation sites is 1. The molecule has 2 heterocycles. The molecule has 0 unspecified atom stereocenters. The lowest BCUT2D eigenvalue weighted by Gasteiger charge is -2.12. The maximum Gasteiger partial charge on any atom is 0.261 e. The Morgan fingerprint density at radius 2 is 1.81 bits per heavy atom. The fraction of sp³-hybridized carbons (Fsp3) is 0.211. The summed E-state index contributed by atoms with van der Waals surface area (Å²) in [5.74, 6) is 0.551. The second-order valence-electron chi connectivity index (χ2n) is 6.30. The van der Waals surface area contributed by atoms with Crippen LogP contribution in [0.2, 0.25) is 0 Å². The molecule has 0 spiro atoms. The van der Waals surface area contributed by atoms with E-state index in [9.17, 15) is 12.8 Å². The summed E-state index contributed by atoms with van der Waals surface area (Å²) in [6, 6.07) is 11.9. The summed E-state index contributed by atoms with van der Waals surface area (Å²) >= 11 is 0. The van der Waals surface area contributed by atoms with Crippen LogP contribution in [0.4, 0.5) is 10.1 Å². The van der Waals surface area contributed by atoms with Crippen LogP contribution in [0.25, 0.3) is 11.3 Å². The van der Waals surface area contributed by atoms with E-state index >= 15 is 0 Å². The molecule has 0 atom stereocenters. The van der Waals surface area contributed by atoms with Gasteiger partial charge in [0, 0.05) is 24.7 Å². The maximum absolute atomic E-state index is 13.1. The third-order valence-electron chi connectivity index (χ3n) is 4.48. The summed E-state index contributed by atoms with van der Waals surface area (Å²) in [4.78, 5) is 4.69. The molecule has 3 aromatic rings. The standard InChI is InChI=1S/C19H18FN3O2S/c20-14-8-10-15(11-9-14)26(24,25)22-17-6-2-1-5-16(17)18-13-23-12-4-3-7-19(23)21-18/h1-2,5-6,8-11,13,22H,3-4,7,12H2. The van der Waals surface area contributed by atoms with Gasteiger partial charge in [0.25, 0.3) is 10.0 Å². The average Bonchev–Trinajstić information content (AvgIpc) is 3.06. The summed E-state index contributed by atoms with van der Waals surface area (Å²) < 4.78 is 43.1. The zero-order valence-corrected chi connectivity index (χ0v) is 14.8. The van der Waals surface area contributed by atoms with E-state index in [2.05, 4.69) is 14.3 Å². The molecule has 1 aromatic heterocycles. The van der Waals surface area contributed by atoms with Gasteiger partial charge in [-0.15, -0.1) is 0 Å². The summed E-state index contributed by atoms with van der Waals surface area (Å²) in [6.45, 7) is 0.936. The Morgan fingerprint density at radius 1 is 1.04 bits per heavy atom. The van der Waals surface area contributed by atoms with Crippen LogP contribution < -0.4 is 4.72 Å². The number of nitrogens with one attached hydrogen (secondary N) is 1. The summed E-state index contributed by atoms with van der Waals surface area (Å²) in [7, 11) is -3.81. The second-order valence-corrected chi connectivity index (χ2v) is 7.98. The van der Waals surface area contributed by atoms with Crippen LogP contribution >= 0.6 is 0 Å². The van der Waals surface area contributed by atoms with Crippen molar-refractivity contribution in [2.45, 2.75) is 30.7 Å². The third kappa shape index (κ3) is 3.22. The number of hydrogen-bond acceptors (Lipinski definition) is 3. The number of sulfonamides is 1. The van der Waals surface area contributed by atoms with Crippen molar-refractivity contribution in [1.29, 1.82) is 0 Å². The number of benzene rings is 2. The summed E-state index contributed by atoms with van der Waals surface area (Å²) in [5, 5.41) is 0. The molecule has 26 heavy (non-hydrogen) atoms. The number of anilines is 1. The minimum Gasteiger partial charge on any atom is -0.334 e. The molecule has 5 nitrogen and oxygen atoms in total. The average molecular weight is 371 g/mol. The zero-order valence-electron chi connectivity index (χ0n) is 14.0. The van der Waals surface area contributed by atoms with Gasteiger partial charge in [0.05, 0.1) is 16.3 Å². The van der Waals surface area contributed by atoms with Gasteiger partial charge in [0.15, 0.2) is 0 Å². The lowest BCUT2D eigenvalue weighted by molar-refractivity contribution is 0.522. The van der Waals surface area contributed by atoms with E-state index in [1.165, 1.54) is 12.1 Å². The van der Waals surface area contributed by atoms with Gasteiger partial charge >= 0.3 is 0 Å². The molecule has 0 bridgehead atoms. The molecule has 2 aromatic carbocycles. The van der Waals surface area contributed by atoms with Crippen LogP contribution in [-0.2, 0) is 23.0 Å². The van der Waals surface area contributed by atoms with Gasteiger partial charge in [-0.3, -0.25) is 4.72 Å². The number of imidazole rings is 1. The zero-order chi connectivity index (χ0) is 18.1. The van der Waals surface area contributed by atoms with Crippen molar-refractivity contribution in [3.05, 3.63) is 66.4 Å². The molecule has 0 saturated heterocycles. The van der Waals surface area contributed by atoms with Crippen molar-refractivity contribution in [3.63, 3.8) is 0 Å². The molecule has 1 N–H and O–H groups in total. The summed E-state index contributed by atoms with van der Waals surface area (Å²) in [6.07, 6.45) is 5.15. The van der Waals surface area contributed by atoms with Gasteiger partial charge in [-0.25, -0.2) is 17.8 Å². The number of aryl methyl sites for hydroxylation is 2. The number of nitrogens with zero attached hydrogens (tertiary/aromatic N) is 2. The summed E-state index contributed by atoms with van der Waals surface area (Å²) in [5.41, 5.74) is 1.92. The fourth-order valence-electron chi connectivity index (χ4n) is 3.16. The minimum atomic E-state index is -3.81. The molecular weight excluding hydrogens is 353 g/mol. The minimum absolute atomic E-state index is 0.0119. The van der Waals surface area contributed by atoms with Gasteiger partial charge in [-0.1, -0.05) is 18.2 Å². The molecule has 0 radical (unpaired) electrons. The Labute approximate surface area is 151 Å². The molecule has 0 fully saturated rings. The van der Waals surface area contributed by atoms with Crippen LogP contribution in [0, 0.1) is 5.82 Å². The fourth-order valence-corrected chi connectivity index (χ4v) is 4.24. The number of halogens is 1. The van der Waals surface area contributed by atoms with Crippen LogP contribution in [0.5, 0.6) is 0 Å². The van der Waals surface area contributed by atoms with Gasteiger partial charge in [0.1, 0.15) is 11.6 Å². The van der Waals surface area contributed by atoms with E-state index in [0.717, 1.165) is 55.0 Å². The SMILES string of the molecule is O=S(=O)(Nc1ccccc1-c1cn2c(n1)CCCC2)c1ccc(F)cc1. The highest BCUT2D eigenvalue weighted by Crippen LogP contribution is 2.30. The Kier molecular flexibility index (Phi) is 4.24. The first-order valence-electron chi connectivity index (χ1n) is 8.47. The molecule has 0 amide bonds. The van der Waals surface area contributed by atoms with Gasteiger partial charge in [0.2, 0.25) is 0 Å². The Bertz CT molecular complexity index is 1020. The van der Waals surface area contributed by atoms with Gasteiger partial charge in [-0.05, 0) is 43.2 Å². The lowest BCUT2D eigenvalue weighted by Crippen LogP contribution is -2.13. The quantitative estimate of drug-likeness (QED) is 0.758. The maximum atomic E-state index is 13.1. The normalized spacial score (nSPS) is 14.0. The number of hydrogen-bond donors (Lipinski definition) is 1. The molecule has 0 aliphatic carbocycles. The molecule has 4 rings (SSSR count). The molecule has 0 saturated carbocycles. The van der Waals surface area contributed by atoms with Crippen molar-refractivity contribution in [3.8, 4) is 11.3 Å². The highest BCUT2D eigenvalue weighted by Gasteiger charge is 2.19. The molecule has 134 valence electrons. The number of fused-ring (bicyclic) bond motifs is 1. The van der Waals surface area contributed by atoms with E-state index in [-0.39, 0.29) is 4.90 Å². The topological polar surface area (TPSA) is 64.0 Å². The monoisotopic (exact) mass is 371 g/mol. The van der Waals surface area contributed by atoms with Gasteiger partial charge < -0.3 is 4.57 Å². The first kappa shape index (κ1) is 16.8. The van der Waals surface area contributed by atoms with Crippen LogP contribution in [0.15, 0.2) is 59.6 Å². The first-order valence-corrected chi connectivity index (χ1v) is 9.95.